The van der Waals surface area contributed by atoms with Crippen LogP contribution in [0.4, 0.5) is 19.3 Å². The number of rotatable bonds is 5. The van der Waals surface area contributed by atoms with Gasteiger partial charge in [0.2, 0.25) is 0 Å². The van der Waals surface area contributed by atoms with Crippen molar-refractivity contribution in [3.63, 3.8) is 0 Å². The number of hydrogen-bond donors (Lipinski definition) is 1. The van der Waals surface area contributed by atoms with Gasteiger partial charge in [-0.1, -0.05) is 68.4 Å². The molecule has 4 rings (SSSR count). The van der Waals surface area contributed by atoms with Gasteiger partial charge in [-0.2, -0.15) is 0 Å². The summed E-state index contributed by atoms with van der Waals surface area (Å²) >= 11 is 0. The van der Waals surface area contributed by atoms with Crippen molar-refractivity contribution in [1.29, 1.82) is 0 Å². The third-order valence-corrected chi connectivity index (χ3v) is 5.90. The van der Waals surface area contributed by atoms with Crippen LogP contribution >= 0.6 is 0 Å². The third kappa shape index (κ3) is 4.46. The maximum atomic E-state index is 14.3. The molecule has 0 heterocycles. The number of nitrogens with one attached hydrogen (secondary N) is 1. The molecule has 0 aliphatic heterocycles. The van der Waals surface area contributed by atoms with Gasteiger partial charge in [-0.3, -0.25) is 0 Å². The number of halogens is 2. The Morgan fingerprint density at radius 1 is 0.935 bits per heavy atom. The van der Waals surface area contributed by atoms with Gasteiger partial charge in [0.1, 0.15) is 11.6 Å². The molecule has 3 nitrogen and oxygen atoms in total. The minimum atomic E-state index is -0.788. The van der Waals surface area contributed by atoms with Crippen molar-refractivity contribution in [3.8, 4) is 0 Å². The molecule has 3 aromatic carbocycles. The Bertz CT molecular complexity index is 1040. The fourth-order valence-corrected chi connectivity index (χ4v) is 4.54. The molecule has 0 saturated carbocycles. The first kappa shape index (κ1) is 21.0. The summed E-state index contributed by atoms with van der Waals surface area (Å²) in [4.78, 5) is 15.4. The summed E-state index contributed by atoms with van der Waals surface area (Å²) in [6, 6.07) is 20.7. The van der Waals surface area contributed by atoms with Gasteiger partial charge >= 0.3 is 6.03 Å². The topological polar surface area (TPSA) is 32.3 Å². The van der Waals surface area contributed by atoms with Crippen LogP contribution < -0.4 is 5.32 Å². The van der Waals surface area contributed by atoms with Gasteiger partial charge in [0.05, 0.1) is 11.7 Å². The number of benzene rings is 3. The predicted octanol–water partition coefficient (Wildman–Crippen LogP) is 6.36. The van der Waals surface area contributed by atoms with Crippen molar-refractivity contribution in [3.05, 3.63) is 101 Å². The van der Waals surface area contributed by atoms with Crippen LogP contribution in [0.2, 0.25) is 0 Å². The lowest BCUT2D eigenvalue weighted by Gasteiger charge is -2.39. The lowest BCUT2D eigenvalue weighted by molar-refractivity contribution is 0.134. The first-order valence-corrected chi connectivity index (χ1v) is 10.6. The van der Waals surface area contributed by atoms with E-state index in [0.717, 1.165) is 30.5 Å². The number of hydrogen-bond acceptors (Lipinski definition) is 1. The molecule has 1 N–H and O–H groups in total. The normalized spacial score (nSPS) is 14.4. The Balaban J connectivity index is 1.71. The van der Waals surface area contributed by atoms with Crippen LogP contribution in [0.25, 0.3) is 0 Å². The molecular formula is C26H26F2N2O. The standard InChI is InChI=1S/C26H26F2N2O/c1-17(2)25(18-8-4-3-5-9-18)30(22-14-19-10-6-7-11-20(19)15-22)26(31)29-24-13-12-21(27)16-23(24)28/h3-13,16-17,22,25H,14-15H2,1-2H3,(H,29,31). The lowest BCUT2D eigenvalue weighted by Crippen LogP contribution is -2.47. The van der Waals surface area contributed by atoms with Gasteiger partial charge < -0.3 is 10.2 Å². The fourth-order valence-electron chi connectivity index (χ4n) is 4.54. The van der Waals surface area contributed by atoms with Crippen molar-refractivity contribution >= 4 is 11.7 Å². The van der Waals surface area contributed by atoms with E-state index in [1.807, 2.05) is 47.4 Å². The summed E-state index contributed by atoms with van der Waals surface area (Å²) in [7, 11) is 0. The number of anilines is 1. The van der Waals surface area contributed by atoms with Crippen LogP contribution in [-0.4, -0.2) is 17.0 Å². The molecule has 3 aromatic rings. The van der Waals surface area contributed by atoms with E-state index in [0.29, 0.717) is 0 Å². The highest BCUT2D eigenvalue weighted by atomic mass is 19.1. The van der Waals surface area contributed by atoms with E-state index in [1.165, 1.54) is 17.2 Å². The first-order chi connectivity index (χ1) is 14.9. The third-order valence-electron chi connectivity index (χ3n) is 5.90. The molecule has 0 saturated heterocycles. The quantitative estimate of drug-likeness (QED) is 0.511. The fraction of sp³-hybridized carbons (Fsp3) is 0.269. The maximum Gasteiger partial charge on any atom is 0.322 e. The highest BCUT2D eigenvalue weighted by molar-refractivity contribution is 5.90. The van der Waals surface area contributed by atoms with E-state index in [1.54, 1.807) is 0 Å². The molecule has 1 aliphatic rings. The maximum absolute atomic E-state index is 14.3. The van der Waals surface area contributed by atoms with Crippen LogP contribution in [0.3, 0.4) is 0 Å². The summed E-state index contributed by atoms with van der Waals surface area (Å²) in [6.07, 6.45) is 1.48. The van der Waals surface area contributed by atoms with E-state index in [-0.39, 0.29) is 29.7 Å². The first-order valence-electron chi connectivity index (χ1n) is 10.6. The summed E-state index contributed by atoms with van der Waals surface area (Å²) in [5.74, 6) is -1.33. The second-order valence-electron chi connectivity index (χ2n) is 8.39. The zero-order valence-electron chi connectivity index (χ0n) is 17.7. The van der Waals surface area contributed by atoms with Crippen LogP contribution in [0.1, 0.15) is 36.6 Å². The van der Waals surface area contributed by atoms with Crippen LogP contribution in [0.5, 0.6) is 0 Å². The Hall–Kier alpha value is -3.21. The number of nitrogens with zero attached hydrogens (tertiary/aromatic N) is 1. The lowest BCUT2D eigenvalue weighted by atomic mass is 9.92. The molecule has 1 aliphatic carbocycles. The highest BCUT2D eigenvalue weighted by Crippen LogP contribution is 2.36. The molecule has 0 radical (unpaired) electrons. The monoisotopic (exact) mass is 420 g/mol. The Morgan fingerprint density at radius 3 is 2.13 bits per heavy atom. The Kier molecular flexibility index (Phi) is 6.03. The zero-order chi connectivity index (χ0) is 22.0. The molecule has 1 unspecified atom stereocenters. The average Bonchev–Trinajstić information content (AvgIpc) is 3.17. The largest absolute Gasteiger partial charge is 0.322 e. The zero-order valence-corrected chi connectivity index (χ0v) is 17.7. The molecule has 5 heteroatoms. The van der Waals surface area contributed by atoms with E-state index < -0.39 is 11.6 Å². The summed E-state index contributed by atoms with van der Waals surface area (Å²) < 4.78 is 27.6. The van der Waals surface area contributed by atoms with Crippen molar-refractivity contribution in [2.45, 2.75) is 38.8 Å². The van der Waals surface area contributed by atoms with Gasteiger partial charge in [-0.05, 0) is 47.6 Å². The predicted molar refractivity (Wildman–Crippen MR) is 119 cm³/mol. The summed E-state index contributed by atoms with van der Waals surface area (Å²) in [5.41, 5.74) is 3.47. The second-order valence-corrected chi connectivity index (χ2v) is 8.39. The van der Waals surface area contributed by atoms with Gasteiger partial charge in [0.25, 0.3) is 0 Å². The molecule has 2 amide bonds. The summed E-state index contributed by atoms with van der Waals surface area (Å²) in [5, 5.41) is 2.69. The molecule has 0 fully saturated rings. The van der Waals surface area contributed by atoms with Crippen LogP contribution in [0.15, 0.2) is 72.8 Å². The van der Waals surface area contributed by atoms with E-state index in [9.17, 15) is 13.6 Å². The average molecular weight is 421 g/mol. The number of amides is 2. The molecular weight excluding hydrogens is 394 g/mol. The van der Waals surface area contributed by atoms with Crippen LogP contribution in [-0.2, 0) is 12.8 Å². The van der Waals surface area contributed by atoms with E-state index in [4.69, 9.17) is 0 Å². The minimum absolute atomic E-state index is 0.0255. The molecule has 0 bridgehead atoms. The van der Waals surface area contributed by atoms with E-state index >= 15 is 0 Å². The van der Waals surface area contributed by atoms with Crippen molar-refractivity contribution in [2.24, 2.45) is 5.92 Å². The van der Waals surface area contributed by atoms with Crippen LogP contribution in [0, 0.1) is 17.6 Å². The van der Waals surface area contributed by atoms with Gasteiger partial charge in [0.15, 0.2) is 0 Å². The smallest absolute Gasteiger partial charge is 0.314 e. The number of carbonyl (C=O) groups excluding carboxylic acids is 1. The molecule has 0 spiro atoms. The van der Waals surface area contributed by atoms with Gasteiger partial charge in [-0.25, -0.2) is 13.6 Å². The summed E-state index contributed by atoms with van der Waals surface area (Å²) in [6.45, 7) is 4.16. The second kappa shape index (κ2) is 8.88. The van der Waals surface area contributed by atoms with E-state index in [2.05, 4.69) is 31.3 Å². The number of carbonyl (C=O) groups is 1. The molecule has 1 atom stereocenters. The SMILES string of the molecule is CC(C)C(c1ccccc1)N(C(=O)Nc1ccc(F)cc1F)C1Cc2ccccc2C1. The van der Waals surface area contributed by atoms with Crippen molar-refractivity contribution < 1.29 is 13.6 Å². The Morgan fingerprint density at radius 2 is 1.55 bits per heavy atom. The molecule has 0 aromatic heterocycles. The van der Waals surface area contributed by atoms with Crippen molar-refractivity contribution in [2.75, 3.05) is 5.32 Å². The Labute approximate surface area is 181 Å². The van der Waals surface area contributed by atoms with Gasteiger partial charge in [0, 0.05) is 12.1 Å². The van der Waals surface area contributed by atoms with Crippen molar-refractivity contribution in [1.82, 2.24) is 4.90 Å². The van der Waals surface area contributed by atoms with Gasteiger partial charge in [-0.15, -0.1) is 0 Å². The number of fused-ring (bicyclic) bond motifs is 1. The molecule has 31 heavy (non-hydrogen) atoms. The molecule has 160 valence electrons. The number of urea groups is 1. The highest BCUT2D eigenvalue weighted by Gasteiger charge is 2.37. The minimum Gasteiger partial charge on any atom is -0.314 e.